The molecule has 0 aliphatic carbocycles. The predicted octanol–water partition coefficient (Wildman–Crippen LogP) is 14.6. The third-order valence-electron chi connectivity index (χ3n) is 9.17. The van der Waals surface area contributed by atoms with E-state index in [4.69, 9.17) is 0 Å². The van der Waals surface area contributed by atoms with Crippen LogP contribution in [0.4, 0.5) is 26.3 Å². The monoisotopic (exact) mass is 728 g/mol. The van der Waals surface area contributed by atoms with Crippen LogP contribution < -0.4 is 0 Å². The molecule has 6 heteroatoms. The minimum Gasteiger partial charge on any atom is -0.207 e. The molecular formula is C46H62F6. The highest BCUT2D eigenvalue weighted by molar-refractivity contribution is 5.36. The Morgan fingerprint density at radius 3 is 1.04 bits per heavy atom. The summed E-state index contributed by atoms with van der Waals surface area (Å²) in [5.74, 6) is -2.52. The third-order valence-corrected chi connectivity index (χ3v) is 9.17. The Balaban J connectivity index is 0.000000347. The molecule has 0 saturated heterocycles. The van der Waals surface area contributed by atoms with Crippen molar-refractivity contribution in [3.05, 3.63) is 139 Å². The highest BCUT2D eigenvalue weighted by Gasteiger charge is 2.22. The van der Waals surface area contributed by atoms with Crippen LogP contribution in [0.25, 0.3) is 0 Å². The van der Waals surface area contributed by atoms with Crippen molar-refractivity contribution in [2.75, 3.05) is 0 Å². The van der Waals surface area contributed by atoms with Gasteiger partial charge in [0.05, 0.1) is 0 Å². The van der Waals surface area contributed by atoms with Crippen LogP contribution in [0.2, 0.25) is 0 Å². The van der Waals surface area contributed by atoms with Gasteiger partial charge in [-0.15, -0.1) is 0 Å². The molecule has 0 N–H and O–H groups in total. The van der Waals surface area contributed by atoms with E-state index in [9.17, 15) is 26.3 Å². The average Bonchev–Trinajstić information content (AvgIpc) is 2.98. The molecule has 0 heterocycles. The first-order valence-corrected chi connectivity index (χ1v) is 17.8. The first-order chi connectivity index (χ1) is 23.3. The lowest BCUT2D eigenvalue weighted by Crippen LogP contribution is -2.14. The zero-order valence-corrected chi connectivity index (χ0v) is 34.9. The van der Waals surface area contributed by atoms with Gasteiger partial charge in [-0.1, -0.05) is 113 Å². The first kappa shape index (κ1) is 46.5. The molecule has 4 rings (SSSR count). The standard InChI is InChI=1S/2C12H17F.2C11H14F2/c1-8-6-10(12(3,4)5)7-11(13)9(8)2;1-8-6-7-10(12(3,4)5)11(13)9(8)2;1-7-9(12)5-8(6-10(7)13)11(2,3)4;1-7-5-6-8(11(2,3)4)10(13)9(7)12/h2*6-7H,1-5H3;2*5-6H,1-4H3. The second-order valence-electron chi connectivity index (χ2n) is 17.9. The van der Waals surface area contributed by atoms with Gasteiger partial charge < -0.3 is 0 Å². The second kappa shape index (κ2) is 17.5. The van der Waals surface area contributed by atoms with Gasteiger partial charge in [-0.25, -0.2) is 26.3 Å². The first-order valence-electron chi connectivity index (χ1n) is 17.8. The summed E-state index contributed by atoms with van der Waals surface area (Å²) in [6, 6.07) is 13.6. The van der Waals surface area contributed by atoms with Gasteiger partial charge in [0, 0.05) is 5.56 Å². The van der Waals surface area contributed by atoms with Crippen molar-refractivity contribution in [3.63, 3.8) is 0 Å². The summed E-state index contributed by atoms with van der Waals surface area (Å²) >= 11 is 0. The topological polar surface area (TPSA) is 0 Å². The van der Waals surface area contributed by atoms with Gasteiger partial charge in [0.25, 0.3) is 0 Å². The number of benzene rings is 4. The van der Waals surface area contributed by atoms with Crippen molar-refractivity contribution in [2.45, 2.75) is 146 Å². The summed E-state index contributed by atoms with van der Waals surface area (Å²) < 4.78 is 79.9. The lowest BCUT2D eigenvalue weighted by atomic mass is 9.85. The van der Waals surface area contributed by atoms with E-state index < -0.39 is 23.3 Å². The fourth-order valence-electron chi connectivity index (χ4n) is 4.91. The molecule has 0 atom stereocenters. The Bertz CT molecular complexity index is 1640. The Morgan fingerprint density at radius 2 is 0.673 bits per heavy atom. The zero-order chi connectivity index (χ0) is 40.9. The molecule has 0 radical (unpaired) electrons. The highest BCUT2D eigenvalue weighted by Crippen LogP contribution is 2.30. The van der Waals surface area contributed by atoms with Crippen molar-refractivity contribution in [3.8, 4) is 0 Å². The molecule has 0 nitrogen and oxygen atoms in total. The summed E-state index contributed by atoms with van der Waals surface area (Å²) in [7, 11) is 0. The van der Waals surface area contributed by atoms with Crippen molar-refractivity contribution in [2.24, 2.45) is 0 Å². The third kappa shape index (κ3) is 12.8. The van der Waals surface area contributed by atoms with Gasteiger partial charge >= 0.3 is 0 Å². The molecule has 0 saturated carbocycles. The average molecular weight is 729 g/mol. The van der Waals surface area contributed by atoms with Crippen LogP contribution in [-0.4, -0.2) is 0 Å². The van der Waals surface area contributed by atoms with Gasteiger partial charge in [0.15, 0.2) is 11.6 Å². The summed E-state index contributed by atoms with van der Waals surface area (Å²) in [5.41, 5.74) is 6.36. The number of hydrogen-bond donors (Lipinski definition) is 0. The van der Waals surface area contributed by atoms with Crippen LogP contribution in [0, 0.1) is 76.4 Å². The SMILES string of the molecule is Cc1c(F)cc(C(C)(C)C)cc1F.Cc1cc(C(C)(C)C)cc(F)c1C.Cc1ccc(C(C)(C)C)c(F)c1C.Cc1ccc(C(C)(C)C)c(F)c1F. The molecular weight excluding hydrogens is 666 g/mol. The van der Waals surface area contributed by atoms with Crippen molar-refractivity contribution in [1.82, 2.24) is 0 Å². The van der Waals surface area contributed by atoms with E-state index in [1.807, 2.05) is 102 Å². The molecule has 0 bridgehead atoms. The smallest absolute Gasteiger partial charge is 0.162 e. The van der Waals surface area contributed by atoms with Gasteiger partial charge in [-0.2, -0.15) is 0 Å². The van der Waals surface area contributed by atoms with Gasteiger partial charge in [0.1, 0.15) is 23.3 Å². The van der Waals surface area contributed by atoms with Gasteiger partial charge in [-0.05, 0) is 131 Å². The molecule has 0 amide bonds. The van der Waals surface area contributed by atoms with E-state index in [2.05, 4.69) is 26.8 Å². The largest absolute Gasteiger partial charge is 0.207 e. The molecule has 0 aliphatic rings. The lowest BCUT2D eigenvalue weighted by Gasteiger charge is -2.21. The molecule has 0 fully saturated rings. The molecule has 0 aliphatic heterocycles. The Kier molecular flexibility index (Phi) is 15.7. The molecule has 288 valence electrons. The lowest BCUT2D eigenvalue weighted by molar-refractivity contribution is 0.461. The molecule has 4 aromatic rings. The maximum absolute atomic E-state index is 13.8. The number of hydrogen-bond acceptors (Lipinski definition) is 0. The van der Waals surface area contributed by atoms with E-state index in [1.54, 1.807) is 25.1 Å². The van der Waals surface area contributed by atoms with Gasteiger partial charge in [0.2, 0.25) is 0 Å². The minimum absolute atomic E-state index is 0.0271. The predicted molar refractivity (Wildman–Crippen MR) is 209 cm³/mol. The van der Waals surface area contributed by atoms with Crippen LogP contribution >= 0.6 is 0 Å². The molecule has 52 heavy (non-hydrogen) atoms. The van der Waals surface area contributed by atoms with Crippen LogP contribution in [0.5, 0.6) is 0 Å². The summed E-state index contributed by atoms with van der Waals surface area (Å²) in [6.07, 6.45) is 0. The number of aryl methyl sites for hydroxylation is 3. The minimum atomic E-state index is -0.729. The molecule has 0 aromatic heterocycles. The van der Waals surface area contributed by atoms with E-state index in [0.29, 0.717) is 16.7 Å². The fourth-order valence-corrected chi connectivity index (χ4v) is 4.91. The van der Waals surface area contributed by atoms with E-state index in [1.165, 1.54) is 19.1 Å². The van der Waals surface area contributed by atoms with Crippen molar-refractivity contribution in [1.29, 1.82) is 0 Å². The van der Waals surface area contributed by atoms with Crippen LogP contribution in [-0.2, 0) is 21.7 Å². The quantitative estimate of drug-likeness (QED) is 0.158. The molecule has 4 aromatic carbocycles. The van der Waals surface area contributed by atoms with E-state index in [-0.39, 0.29) is 38.9 Å². The van der Waals surface area contributed by atoms with Crippen molar-refractivity contribution < 1.29 is 26.3 Å². The number of rotatable bonds is 0. The Hall–Kier alpha value is -3.54. The normalized spacial score (nSPS) is 11.8. The summed E-state index contributed by atoms with van der Waals surface area (Å²) in [6.45, 7) is 34.3. The highest BCUT2D eigenvalue weighted by atomic mass is 19.2. The van der Waals surface area contributed by atoms with Gasteiger partial charge in [-0.3, -0.25) is 0 Å². The van der Waals surface area contributed by atoms with Crippen LogP contribution in [0.15, 0.2) is 48.5 Å². The summed E-state index contributed by atoms with van der Waals surface area (Å²) in [5, 5.41) is 0. The fraction of sp³-hybridized carbons (Fsp3) is 0.478. The molecule has 0 unspecified atom stereocenters. The number of halogens is 6. The zero-order valence-electron chi connectivity index (χ0n) is 34.9. The second-order valence-corrected chi connectivity index (χ2v) is 17.9. The van der Waals surface area contributed by atoms with E-state index >= 15 is 0 Å². The van der Waals surface area contributed by atoms with Crippen LogP contribution in [0.1, 0.15) is 139 Å². The summed E-state index contributed by atoms with van der Waals surface area (Å²) in [4.78, 5) is 0. The molecule has 0 spiro atoms. The maximum Gasteiger partial charge on any atom is 0.162 e. The Morgan fingerprint density at radius 1 is 0.327 bits per heavy atom. The maximum atomic E-state index is 13.8. The Labute approximate surface area is 311 Å². The van der Waals surface area contributed by atoms with Crippen molar-refractivity contribution >= 4 is 0 Å². The van der Waals surface area contributed by atoms with Crippen LogP contribution in [0.3, 0.4) is 0 Å². The van der Waals surface area contributed by atoms with E-state index in [0.717, 1.165) is 33.4 Å².